The lowest BCUT2D eigenvalue weighted by atomic mass is 10.0. The van der Waals surface area contributed by atoms with Crippen LogP contribution in [0, 0.1) is 0 Å². The smallest absolute Gasteiger partial charge is 0.263 e. The second-order valence-corrected chi connectivity index (χ2v) is 9.32. The number of rotatable bonds is 8. The molecule has 0 radical (unpaired) electrons. The van der Waals surface area contributed by atoms with Gasteiger partial charge in [0.1, 0.15) is 12.0 Å². The van der Waals surface area contributed by atoms with Gasteiger partial charge in [0.25, 0.3) is 17.3 Å². The summed E-state index contributed by atoms with van der Waals surface area (Å²) >= 11 is 0. The minimum atomic E-state index is -0.190. The van der Waals surface area contributed by atoms with E-state index in [9.17, 15) is 9.59 Å². The van der Waals surface area contributed by atoms with E-state index in [0.29, 0.717) is 47.8 Å². The van der Waals surface area contributed by atoms with Crippen molar-refractivity contribution in [1.82, 2.24) is 29.9 Å². The Morgan fingerprint density at radius 1 is 1.11 bits per heavy atom. The second kappa shape index (κ2) is 10.6. The molecule has 6 rings (SSSR count). The summed E-state index contributed by atoms with van der Waals surface area (Å²) in [5.74, 6) is 1.70. The molecule has 0 saturated carbocycles. The zero-order valence-corrected chi connectivity index (χ0v) is 20.6. The van der Waals surface area contributed by atoms with Gasteiger partial charge in [-0.15, -0.1) is 0 Å². The summed E-state index contributed by atoms with van der Waals surface area (Å²) in [4.78, 5) is 35.6. The van der Waals surface area contributed by atoms with E-state index in [1.807, 2.05) is 12.1 Å². The minimum absolute atomic E-state index is 0.0239. The summed E-state index contributed by atoms with van der Waals surface area (Å²) < 4.78 is 17.6. The first kappa shape index (κ1) is 24.1. The molecule has 6 heterocycles. The minimum Gasteiger partial charge on any atom is -0.480 e. The lowest BCUT2D eigenvalue weighted by molar-refractivity contribution is -0.118. The molecule has 12 heteroatoms. The van der Waals surface area contributed by atoms with Crippen LogP contribution in [0.25, 0.3) is 11.0 Å². The molecule has 0 aromatic carbocycles. The molecule has 0 spiro atoms. The molecular weight excluding hydrogens is 490 g/mol. The number of carbonyl (C=O) groups excluding carboxylic acids is 1. The van der Waals surface area contributed by atoms with Crippen LogP contribution in [0.1, 0.15) is 18.5 Å². The fourth-order valence-corrected chi connectivity index (χ4v) is 4.76. The van der Waals surface area contributed by atoms with Gasteiger partial charge < -0.3 is 34.1 Å². The maximum absolute atomic E-state index is 12.7. The summed E-state index contributed by atoms with van der Waals surface area (Å²) in [7, 11) is 0. The Balaban J connectivity index is 1.03. The van der Waals surface area contributed by atoms with Crippen LogP contribution < -0.4 is 25.7 Å². The number of nitrogens with zero attached hydrogens (tertiary/aromatic N) is 5. The topological polar surface area (TPSA) is 137 Å². The van der Waals surface area contributed by atoms with Crippen molar-refractivity contribution in [2.45, 2.75) is 32.0 Å². The van der Waals surface area contributed by atoms with Gasteiger partial charge in [-0.2, -0.15) is 0 Å². The highest BCUT2D eigenvalue weighted by atomic mass is 16.5. The summed E-state index contributed by atoms with van der Waals surface area (Å²) in [6.07, 6.45) is 5.02. The molecule has 0 aliphatic carbocycles. The van der Waals surface area contributed by atoms with Crippen molar-refractivity contribution < 1.29 is 18.8 Å². The molecular formula is C26H27N7O5. The number of carbonyl (C=O) groups is 1. The van der Waals surface area contributed by atoms with Crippen LogP contribution in [0.5, 0.6) is 17.4 Å². The van der Waals surface area contributed by atoms with Gasteiger partial charge >= 0.3 is 0 Å². The largest absolute Gasteiger partial charge is 0.480 e. The zero-order chi connectivity index (χ0) is 25.9. The van der Waals surface area contributed by atoms with Gasteiger partial charge in [0.2, 0.25) is 0 Å². The van der Waals surface area contributed by atoms with Crippen molar-refractivity contribution in [3.05, 3.63) is 64.9 Å². The number of piperidine rings is 1. The number of likely N-dealkylation sites (tertiary alicyclic amines) is 1. The molecule has 1 fully saturated rings. The van der Waals surface area contributed by atoms with Crippen LogP contribution in [0.4, 0.5) is 5.82 Å². The third kappa shape index (κ3) is 5.36. The van der Waals surface area contributed by atoms with Gasteiger partial charge in [0.05, 0.1) is 22.9 Å². The number of nitrogens with one attached hydrogen (secondary N) is 2. The van der Waals surface area contributed by atoms with Gasteiger partial charge in [-0.3, -0.25) is 14.6 Å². The van der Waals surface area contributed by atoms with E-state index in [4.69, 9.17) is 14.0 Å². The number of hydrogen-bond donors (Lipinski definition) is 2. The van der Waals surface area contributed by atoms with Gasteiger partial charge in [-0.1, -0.05) is 0 Å². The highest BCUT2D eigenvalue weighted by molar-refractivity contribution is 5.94. The van der Waals surface area contributed by atoms with Crippen LogP contribution in [0.15, 0.2) is 58.2 Å². The average molecular weight is 518 g/mol. The fraction of sp³-hybridized carbons (Fsp3) is 0.346. The Morgan fingerprint density at radius 3 is 2.84 bits per heavy atom. The van der Waals surface area contributed by atoms with E-state index in [0.717, 1.165) is 43.7 Å². The number of anilines is 1. The second-order valence-electron chi connectivity index (χ2n) is 9.32. The van der Waals surface area contributed by atoms with Gasteiger partial charge in [0, 0.05) is 43.9 Å². The number of aromatic nitrogens is 4. The van der Waals surface area contributed by atoms with Crippen molar-refractivity contribution >= 4 is 22.8 Å². The van der Waals surface area contributed by atoms with Crippen LogP contribution in [-0.2, 0) is 17.9 Å². The van der Waals surface area contributed by atoms with Gasteiger partial charge in [-0.25, -0.2) is 4.98 Å². The molecule has 2 aliphatic rings. The Labute approximate surface area is 217 Å². The normalized spacial score (nSPS) is 16.2. The monoisotopic (exact) mass is 517 g/mol. The number of fused-ring (bicyclic) bond motifs is 2. The molecule has 1 amide bonds. The number of ether oxygens (including phenoxy) is 2. The van der Waals surface area contributed by atoms with Crippen LogP contribution in [-0.4, -0.2) is 62.8 Å². The van der Waals surface area contributed by atoms with Crippen molar-refractivity contribution in [1.29, 1.82) is 0 Å². The average Bonchev–Trinajstić information content (AvgIpc) is 3.45. The molecule has 0 unspecified atom stereocenters. The Kier molecular flexibility index (Phi) is 6.71. The molecule has 12 nitrogen and oxygen atoms in total. The quantitative estimate of drug-likeness (QED) is 0.358. The van der Waals surface area contributed by atoms with Crippen molar-refractivity contribution in [3.8, 4) is 17.4 Å². The lowest BCUT2D eigenvalue weighted by Gasteiger charge is -2.32. The molecule has 2 N–H and O–H groups in total. The molecule has 0 bridgehead atoms. The third-order valence-electron chi connectivity index (χ3n) is 6.78. The first-order valence-corrected chi connectivity index (χ1v) is 12.6. The molecule has 4 aromatic heterocycles. The third-order valence-corrected chi connectivity index (χ3v) is 6.78. The van der Waals surface area contributed by atoms with Crippen molar-refractivity contribution in [2.75, 3.05) is 31.6 Å². The highest BCUT2D eigenvalue weighted by Gasteiger charge is 2.21. The number of amides is 1. The van der Waals surface area contributed by atoms with Crippen LogP contribution in [0.2, 0.25) is 0 Å². The van der Waals surface area contributed by atoms with E-state index >= 15 is 0 Å². The molecule has 0 atom stereocenters. The van der Waals surface area contributed by atoms with E-state index in [1.165, 1.54) is 6.26 Å². The van der Waals surface area contributed by atoms with Gasteiger partial charge in [0.15, 0.2) is 18.2 Å². The molecule has 4 aromatic rings. The Bertz CT molecular complexity index is 1500. The first-order chi connectivity index (χ1) is 18.6. The summed E-state index contributed by atoms with van der Waals surface area (Å²) in [6, 6.07) is 10.8. The van der Waals surface area contributed by atoms with E-state index in [-0.39, 0.29) is 18.1 Å². The molecule has 1 saturated heterocycles. The maximum atomic E-state index is 12.7. The fourth-order valence-electron chi connectivity index (χ4n) is 4.76. The van der Waals surface area contributed by atoms with E-state index < -0.39 is 0 Å². The summed E-state index contributed by atoms with van der Waals surface area (Å²) in [6.45, 7) is 3.80. The molecule has 2 aliphatic heterocycles. The summed E-state index contributed by atoms with van der Waals surface area (Å²) in [5.41, 5.74) is 2.22. The Morgan fingerprint density at radius 2 is 2.00 bits per heavy atom. The first-order valence-electron chi connectivity index (χ1n) is 12.6. The summed E-state index contributed by atoms with van der Waals surface area (Å²) in [5, 5.41) is 10.1. The molecule has 196 valence electrons. The predicted molar refractivity (Wildman–Crippen MR) is 137 cm³/mol. The van der Waals surface area contributed by atoms with Crippen LogP contribution >= 0.6 is 0 Å². The van der Waals surface area contributed by atoms with E-state index in [2.05, 4.69) is 30.7 Å². The Hall–Kier alpha value is -4.29. The van der Waals surface area contributed by atoms with Gasteiger partial charge in [-0.05, 0) is 49.3 Å². The van der Waals surface area contributed by atoms with Crippen molar-refractivity contribution in [3.63, 3.8) is 0 Å². The van der Waals surface area contributed by atoms with Crippen LogP contribution in [0.3, 0.4) is 0 Å². The molecule has 38 heavy (non-hydrogen) atoms. The number of hydrogen-bond acceptors (Lipinski definition) is 10. The maximum Gasteiger partial charge on any atom is 0.263 e. The SMILES string of the molecule is O=C1COc2ccc(CNC3CCN(CCn4c(=O)ccc5ncc(Oc6ccon6)cc54)CC3)nc2N1. The predicted octanol–water partition coefficient (Wildman–Crippen LogP) is 2.16. The number of pyridine rings is 3. The highest BCUT2D eigenvalue weighted by Crippen LogP contribution is 2.25. The lowest BCUT2D eigenvalue weighted by Crippen LogP contribution is -2.43. The van der Waals surface area contributed by atoms with E-state index in [1.54, 1.807) is 35.0 Å². The van der Waals surface area contributed by atoms with Crippen molar-refractivity contribution in [2.24, 2.45) is 0 Å². The standard InChI is InChI=1S/C26H27N7O5/c34-23-16-36-22-3-1-18(29-26(22)30-23)14-27-17-5-8-32(9-6-17)10-11-33-21-13-19(38-24-7-12-37-31-24)15-28-20(21)2-4-25(33)35/h1-4,7,12-13,15,17,27H,5-6,8-11,14,16H2,(H,29,30,34). The zero-order valence-electron chi connectivity index (χ0n) is 20.6.